The molecule has 0 saturated carbocycles. The van der Waals surface area contributed by atoms with Crippen LogP contribution in [-0.4, -0.2) is 36.2 Å². The number of hydrogen-bond donors (Lipinski definition) is 0. The number of ether oxygens (including phenoxy) is 2. The summed E-state index contributed by atoms with van der Waals surface area (Å²) in [5.74, 6) is 0.443. The minimum Gasteiger partial charge on any atom is -0.469 e. The Morgan fingerprint density at radius 3 is 2.21 bits per heavy atom. The van der Waals surface area contributed by atoms with Crippen molar-refractivity contribution in [2.45, 2.75) is 45.0 Å². The zero-order valence-corrected chi connectivity index (χ0v) is 15.4. The van der Waals surface area contributed by atoms with E-state index in [-0.39, 0.29) is 18.2 Å². The quantitative estimate of drug-likeness (QED) is 0.309. The van der Waals surface area contributed by atoms with Crippen molar-refractivity contribution >= 4 is 29.5 Å². The van der Waals surface area contributed by atoms with Crippen molar-refractivity contribution < 1.29 is 23.9 Å². The standard InChI is InChI=1S/C18H24O5S/c1-18(2,3)23-17(21)11-15(19)14-7-5-13(6-8-14)12-24-10-9-16(20)22-4/h5-8H,9-12H2,1-4H3. The van der Waals surface area contributed by atoms with Gasteiger partial charge in [-0.15, -0.1) is 0 Å². The van der Waals surface area contributed by atoms with Crippen molar-refractivity contribution in [3.8, 4) is 0 Å². The summed E-state index contributed by atoms with van der Waals surface area (Å²) in [6.07, 6.45) is 0.123. The van der Waals surface area contributed by atoms with Gasteiger partial charge in [-0.25, -0.2) is 0 Å². The maximum absolute atomic E-state index is 12.1. The zero-order chi connectivity index (χ0) is 18.2. The summed E-state index contributed by atoms with van der Waals surface area (Å²) < 4.78 is 9.73. The number of benzene rings is 1. The Bertz CT molecular complexity index is 572. The number of carbonyl (C=O) groups is 3. The van der Waals surface area contributed by atoms with Gasteiger partial charge in [0, 0.05) is 17.1 Å². The molecule has 0 spiro atoms. The third-order valence-electron chi connectivity index (χ3n) is 2.95. The lowest BCUT2D eigenvalue weighted by Crippen LogP contribution is -2.25. The average molecular weight is 352 g/mol. The molecule has 0 bridgehead atoms. The lowest BCUT2D eigenvalue weighted by molar-refractivity contribution is -0.153. The van der Waals surface area contributed by atoms with Crippen molar-refractivity contribution in [3.63, 3.8) is 0 Å². The number of esters is 2. The Kier molecular flexibility index (Phi) is 7.98. The van der Waals surface area contributed by atoms with Crippen LogP contribution in [0, 0.1) is 0 Å². The molecule has 0 saturated heterocycles. The highest BCUT2D eigenvalue weighted by Gasteiger charge is 2.19. The van der Waals surface area contributed by atoms with Crippen molar-refractivity contribution in [3.05, 3.63) is 35.4 Å². The summed E-state index contributed by atoms with van der Waals surface area (Å²) in [4.78, 5) is 34.7. The third kappa shape index (κ3) is 8.15. The minimum atomic E-state index is -0.595. The molecule has 0 heterocycles. The molecule has 1 aromatic carbocycles. The van der Waals surface area contributed by atoms with Crippen LogP contribution in [0.25, 0.3) is 0 Å². The van der Waals surface area contributed by atoms with E-state index in [2.05, 4.69) is 4.74 Å². The molecule has 0 aliphatic heterocycles. The number of methoxy groups -OCH3 is 1. The van der Waals surface area contributed by atoms with E-state index in [1.807, 2.05) is 12.1 Å². The van der Waals surface area contributed by atoms with E-state index >= 15 is 0 Å². The van der Waals surface area contributed by atoms with E-state index < -0.39 is 11.6 Å². The molecule has 0 amide bonds. The summed E-state index contributed by atoms with van der Waals surface area (Å²) in [7, 11) is 1.38. The molecule has 0 aromatic heterocycles. The third-order valence-corrected chi connectivity index (χ3v) is 3.98. The second-order valence-corrected chi connectivity index (χ2v) is 7.37. The Morgan fingerprint density at radius 2 is 1.67 bits per heavy atom. The molecule has 0 radical (unpaired) electrons. The molecule has 0 aliphatic carbocycles. The molecule has 0 atom stereocenters. The largest absolute Gasteiger partial charge is 0.469 e. The molecule has 1 aromatic rings. The normalized spacial score (nSPS) is 11.0. The van der Waals surface area contributed by atoms with Crippen LogP contribution in [0.4, 0.5) is 0 Å². The fraction of sp³-hybridized carbons (Fsp3) is 0.500. The molecule has 6 heteroatoms. The van der Waals surface area contributed by atoms with Gasteiger partial charge in [0.25, 0.3) is 0 Å². The van der Waals surface area contributed by atoms with Crippen molar-refractivity contribution in [2.24, 2.45) is 0 Å². The second-order valence-electron chi connectivity index (χ2n) is 6.26. The van der Waals surface area contributed by atoms with Gasteiger partial charge in [0.1, 0.15) is 12.0 Å². The SMILES string of the molecule is COC(=O)CCSCc1ccc(C(=O)CC(=O)OC(C)(C)C)cc1. The molecule has 24 heavy (non-hydrogen) atoms. The van der Waals surface area contributed by atoms with Crippen LogP contribution in [0.1, 0.15) is 49.5 Å². The lowest BCUT2D eigenvalue weighted by atomic mass is 10.1. The van der Waals surface area contributed by atoms with Gasteiger partial charge in [-0.3, -0.25) is 14.4 Å². The predicted octanol–water partition coefficient (Wildman–Crippen LogP) is 3.40. The highest BCUT2D eigenvalue weighted by atomic mass is 32.2. The number of hydrogen-bond acceptors (Lipinski definition) is 6. The average Bonchev–Trinajstić information content (AvgIpc) is 2.49. The van der Waals surface area contributed by atoms with E-state index in [1.54, 1.807) is 44.7 Å². The summed E-state index contributed by atoms with van der Waals surface area (Å²) in [5.41, 5.74) is 0.950. The van der Waals surface area contributed by atoms with Crippen LogP contribution in [-0.2, 0) is 24.8 Å². The van der Waals surface area contributed by atoms with Gasteiger partial charge in [-0.05, 0) is 26.3 Å². The first-order chi connectivity index (χ1) is 11.2. The Balaban J connectivity index is 2.44. The van der Waals surface area contributed by atoms with Gasteiger partial charge in [-0.1, -0.05) is 24.3 Å². The van der Waals surface area contributed by atoms with E-state index in [0.717, 1.165) is 11.3 Å². The van der Waals surface area contributed by atoms with Gasteiger partial charge >= 0.3 is 11.9 Å². The van der Waals surface area contributed by atoms with Gasteiger partial charge in [0.05, 0.1) is 13.5 Å². The molecule has 0 aliphatic rings. The number of rotatable bonds is 8. The Labute approximate surface area is 147 Å². The summed E-state index contributed by atoms with van der Waals surface area (Å²) in [6.45, 7) is 5.30. The first kappa shape index (κ1) is 20.2. The van der Waals surface area contributed by atoms with Crippen LogP contribution >= 0.6 is 11.8 Å². The number of Topliss-reactive ketones (excluding diaryl/α,β-unsaturated/α-hetero) is 1. The molecular weight excluding hydrogens is 328 g/mol. The van der Waals surface area contributed by atoms with Crippen molar-refractivity contribution in [1.29, 1.82) is 0 Å². The number of carbonyl (C=O) groups excluding carboxylic acids is 3. The smallest absolute Gasteiger partial charge is 0.314 e. The highest BCUT2D eigenvalue weighted by Crippen LogP contribution is 2.16. The van der Waals surface area contributed by atoms with Gasteiger partial charge in [0.15, 0.2) is 5.78 Å². The summed E-state index contributed by atoms with van der Waals surface area (Å²) in [6, 6.07) is 7.13. The fourth-order valence-electron chi connectivity index (χ4n) is 1.85. The molecule has 1 rings (SSSR count). The first-order valence-electron chi connectivity index (χ1n) is 7.70. The topological polar surface area (TPSA) is 69.7 Å². The molecular formula is C18H24O5S. The molecule has 0 fully saturated rings. The fourth-order valence-corrected chi connectivity index (χ4v) is 2.73. The van der Waals surface area contributed by atoms with E-state index in [1.165, 1.54) is 7.11 Å². The maximum atomic E-state index is 12.1. The van der Waals surface area contributed by atoms with E-state index in [9.17, 15) is 14.4 Å². The Hall–Kier alpha value is -1.82. The maximum Gasteiger partial charge on any atom is 0.314 e. The van der Waals surface area contributed by atoms with Crippen LogP contribution in [0.15, 0.2) is 24.3 Å². The van der Waals surface area contributed by atoms with Crippen LogP contribution in [0.3, 0.4) is 0 Å². The lowest BCUT2D eigenvalue weighted by Gasteiger charge is -2.19. The first-order valence-corrected chi connectivity index (χ1v) is 8.85. The predicted molar refractivity (Wildman–Crippen MR) is 94.0 cm³/mol. The second kappa shape index (κ2) is 9.47. The minimum absolute atomic E-state index is 0.217. The Morgan fingerprint density at radius 1 is 1.04 bits per heavy atom. The molecule has 0 N–H and O–H groups in total. The number of ketones is 1. The highest BCUT2D eigenvalue weighted by molar-refractivity contribution is 7.98. The molecule has 0 unspecified atom stereocenters. The molecule has 5 nitrogen and oxygen atoms in total. The van der Waals surface area contributed by atoms with Gasteiger partial charge in [0.2, 0.25) is 0 Å². The monoisotopic (exact) mass is 352 g/mol. The van der Waals surface area contributed by atoms with Crippen LogP contribution in [0.2, 0.25) is 0 Å². The van der Waals surface area contributed by atoms with Crippen molar-refractivity contribution in [2.75, 3.05) is 12.9 Å². The van der Waals surface area contributed by atoms with Crippen molar-refractivity contribution in [1.82, 2.24) is 0 Å². The van der Waals surface area contributed by atoms with Crippen LogP contribution in [0.5, 0.6) is 0 Å². The summed E-state index contributed by atoms with van der Waals surface area (Å²) in [5, 5.41) is 0. The molecule has 132 valence electrons. The van der Waals surface area contributed by atoms with E-state index in [0.29, 0.717) is 17.7 Å². The van der Waals surface area contributed by atoms with Gasteiger partial charge < -0.3 is 9.47 Å². The zero-order valence-electron chi connectivity index (χ0n) is 14.6. The summed E-state index contributed by atoms with van der Waals surface area (Å²) >= 11 is 1.62. The van der Waals surface area contributed by atoms with Crippen LogP contribution < -0.4 is 0 Å². The number of thioether (sulfide) groups is 1. The van der Waals surface area contributed by atoms with E-state index in [4.69, 9.17) is 4.74 Å². The van der Waals surface area contributed by atoms with Gasteiger partial charge in [-0.2, -0.15) is 11.8 Å².